The van der Waals surface area contributed by atoms with Gasteiger partial charge in [-0.2, -0.15) is 5.10 Å². The summed E-state index contributed by atoms with van der Waals surface area (Å²) in [6.07, 6.45) is 3.99. The Morgan fingerprint density at radius 3 is 2.83 bits per heavy atom. The third kappa shape index (κ3) is 3.00. The Bertz CT molecular complexity index is 485. The van der Waals surface area contributed by atoms with Gasteiger partial charge in [0.05, 0.1) is 6.20 Å². The number of nitrogens with one attached hydrogen (secondary N) is 1. The van der Waals surface area contributed by atoms with Gasteiger partial charge in [0.2, 0.25) is 0 Å². The lowest BCUT2D eigenvalue weighted by Gasteiger charge is -2.26. The van der Waals surface area contributed by atoms with E-state index in [0.717, 1.165) is 6.54 Å². The SMILES string of the molecule is CC(NCC(C)(C)c1cccs1)c1cnn(C)c1. The highest BCUT2D eigenvalue weighted by Crippen LogP contribution is 2.27. The Labute approximate surface area is 113 Å². The van der Waals surface area contributed by atoms with Gasteiger partial charge >= 0.3 is 0 Å². The average molecular weight is 263 g/mol. The highest BCUT2D eigenvalue weighted by atomic mass is 32.1. The van der Waals surface area contributed by atoms with E-state index in [9.17, 15) is 0 Å². The first-order chi connectivity index (χ1) is 8.49. The van der Waals surface area contributed by atoms with Crippen molar-refractivity contribution in [1.29, 1.82) is 0 Å². The molecule has 1 N–H and O–H groups in total. The first kappa shape index (κ1) is 13.3. The molecule has 2 heterocycles. The van der Waals surface area contributed by atoms with Crippen LogP contribution in [0.2, 0.25) is 0 Å². The van der Waals surface area contributed by atoms with Gasteiger partial charge < -0.3 is 5.32 Å². The maximum Gasteiger partial charge on any atom is 0.0537 e. The van der Waals surface area contributed by atoms with E-state index in [1.54, 1.807) is 0 Å². The van der Waals surface area contributed by atoms with Crippen molar-refractivity contribution < 1.29 is 0 Å². The molecule has 1 atom stereocenters. The van der Waals surface area contributed by atoms with Gasteiger partial charge in [0.15, 0.2) is 0 Å². The van der Waals surface area contributed by atoms with Gasteiger partial charge in [-0.15, -0.1) is 11.3 Å². The molecule has 2 aromatic rings. The van der Waals surface area contributed by atoms with Crippen LogP contribution in [-0.2, 0) is 12.5 Å². The minimum absolute atomic E-state index is 0.171. The fourth-order valence-electron chi connectivity index (χ4n) is 1.94. The molecule has 0 aromatic carbocycles. The second-order valence-corrected chi connectivity index (χ2v) is 6.36. The van der Waals surface area contributed by atoms with E-state index in [1.165, 1.54) is 10.4 Å². The molecule has 0 aliphatic heterocycles. The van der Waals surface area contributed by atoms with E-state index in [1.807, 2.05) is 29.3 Å². The van der Waals surface area contributed by atoms with E-state index >= 15 is 0 Å². The second-order valence-electron chi connectivity index (χ2n) is 5.41. The van der Waals surface area contributed by atoms with Gasteiger partial charge in [0, 0.05) is 41.7 Å². The molecule has 0 aliphatic rings. The number of nitrogens with zero attached hydrogens (tertiary/aromatic N) is 2. The average Bonchev–Trinajstić information content (AvgIpc) is 2.96. The number of aryl methyl sites for hydroxylation is 1. The maximum atomic E-state index is 4.21. The lowest BCUT2D eigenvalue weighted by molar-refractivity contribution is 0.441. The molecule has 2 aromatic heterocycles. The molecule has 0 saturated heterocycles. The topological polar surface area (TPSA) is 29.9 Å². The van der Waals surface area contributed by atoms with Crippen LogP contribution >= 0.6 is 11.3 Å². The third-order valence-electron chi connectivity index (χ3n) is 3.26. The van der Waals surface area contributed by atoms with Crippen molar-refractivity contribution in [2.75, 3.05) is 6.54 Å². The molecule has 0 aliphatic carbocycles. The Balaban J connectivity index is 1.95. The number of hydrogen-bond donors (Lipinski definition) is 1. The lowest BCUT2D eigenvalue weighted by atomic mass is 9.91. The fraction of sp³-hybridized carbons (Fsp3) is 0.500. The van der Waals surface area contributed by atoms with Gasteiger partial charge in [-0.3, -0.25) is 4.68 Å². The molecule has 0 radical (unpaired) electrons. The van der Waals surface area contributed by atoms with Crippen molar-refractivity contribution in [3.8, 4) is 0 Å². The Morgan fingerprint density at radius 1 is 1.50 bits per heavy atom. The maximum absolute atomic E-state index is 4.21. The minimum atomic E-state index is 0.171. The quantitative estimate of drug-likeness (QED) is 0.898. The molecule has 0 saturated carbocycles. The monoisotopic (exact) mass is 263 g/mol. The van der Waals surface area contributed by atoms with Crippen molar-refractivity contribution in [3.63, 3.8) is 0 Å². The van der Waals surface area contributed by atoms with Crippen LogP contribution in [0, 0.1) is 0 Å². The van der Waals surface area contributed by atoms with Gasteiger partial charge in [-0.1, -0.05) is 19.9 Å². The highest BCUT2D eigenvalue weighted by molar-refractivity contribution is 7.10. The summed E-state index contributed by atoms with van der Waals surface area (Å²) in [5.74, 6) is 0. The van der Waals surface area contributed by atoms with Crippen LogP contribution in [0.5, 0.6) is 0 Å². The molecule has 1 unspecified atom stereocenters. The van der Waals surface area contributed by atoms with Crippen LogP contribution in [-0.4, -0.2) is 16.3 Å². The van der Waals surface area contributed by atoms with E-state index in [4.69, 9.17) is 0 Å². The van der Waals surface area contributed by atoms with E-state index in [2.05, 4.69) is 54.9 Å². The summed E-state index contributed by atoms with van der Waals surface area (Å²) in [5, 5.41) is 9.95. The van der Waals surface area contributed by atoms with Crippen LogP contribution in [0.4, 0.5) is 0 Å². The van der Waals surface area contributed by atoms with Gasteiger partial charge in [0.1, 0.15) is 0 Å². The van der Waals surface area contributed by atoms with Crippen molar-refractivity contribution in [2.45, 2.75) is 32.2 Å². The molecule has 0 spiro atoms. The summed E-state index contributed by atoms with van der Waals surface area (Å²) >= 11 is 1.82. The molecular formula is C14H21N3S. The van der Waals surface area contributed by atoms with Crippen LogP contribution in [0.3, 0.4) is 0 Å². The smallest absolute Gasteiger partial charge is 0.0537 e. The van der Waals surface area contributed by atoms with E-state index in [0.29, 0.717) is 6.04 Å². The van der Waals surface area contributed by atoms with Crippen molar-refractivity contribution in [3.05, 3.63) is 40.3 Å². The first-order valence-corrected chi connectivity index (χ1v) is 7.13. The highest BCUT2D eigenvalue weighted by Gasteiger charge is 2.22. The van der Waals surface area contributed by atoms with E-state index < -0.39 is 0 Å². The Kier molecular flexibility index (Phi) is 3.88. The van der Waals surface area contributed by atoms with Crippen molar-refractivity contribution in [1.82, 2.24) is 15.1 Å². The molecule has 0 bridgehead atoms. The zero-order valence-electron chi connectivity index (χ0n) is 11.5. The molecule has 3 nitrogen and oxygen atoms in total. The number of rotatable bonds is 5. The normalized spacial score (nSPS) is 13.8. The molecule has 4 heteroatoms. The molecule has 18 heavy (non-hydrogen) atoms. The first-order valence-electron chi connectivity index (χ1n) is 6.25. The van der Waals surface area contributed by atoms with Crippen molar-refractivity contribution in [2.24, 2.45) is 7.05 Å². The number of thiophene rings is 1. The summed E-state index contributed by atoms with van der Waals surface area (Å²) in [6.45, 7) is 7.70. The minimum Gasteiger partial charge on any atom is -0.309 e. The Morgan fingerprint density at radius 2 is 2.28 bits per heavy atom. The molecule has 0 amide bonds. The van der Waals surface area contributed by atoms with Crippen LogP contribution in [0.1, 0.15) is 37.3 Å². The van der Waals surface area contributed by atoms with Gasteiger partial charge in [0.25, 0.3) is 0 Å². The molecule has 98 valence electrons. The third-order valence-corrected chi connectivity index (χ3v) is 4.50. The summed E-state index contributed by atoms with van der Waals surface area (Å²) in [6, 6.07) is 4.66. The summed E-state index contributed by atoms with van der Waals surface area (Å²) in [5.41, 5.74) is 1.41. The second kappa shape index (κ2) is 5.24. The van der Waals surface area contributed by atoms with Gasteiger partial charge in [-0.25, -0.2) is 0 Å². The fourth-order valence-corrected chi connectivity index (χ4v) is 2.79. The molecule has 2 rings (SSSR count). The number of aromatic nitrogens is 2. The van der Waals surface area contributed by atoms with E-state index in [-0.39, 0.29) is 5.41 Å². The summed E-state index contributed by atoms with van der Waals surface area (Å²) < 4.78 is 1.85. The van der Waals surface area contributed by atoms with Crippen LogP contribution in [0.15, 0.2) is 29.9 Å². The zero-order chi connectivity index (χ0) is 13.2. The summed E-state index contributed by atoms with van der Waals surface area (Å²) in [4.78, 5) is 1.42. The van der Waals surface area contributed by atoms with Crippen LogP contribution < -0.4 is 5.32 Å². The Hall–Kier alpha value is -1.13. The zero-order valence-corrected chi connectivity index (χ0v) is 12.3. The number of hydrogen-bond acceptors (Lipinski definition) is 3. The molecule has 0 fully saturated rings. The lowest BCUT2D eigenvalue weighted by Crippen LogP contribution is -2.33. The largest absolute Gasteiger partial charge is 0.309 e. The van der Waals surface area contributed by atoms with Crippen molar-refractivity contribution >= 4 is 11.3 Å². The predicted octanol–water partition coefficient (Wildman–Crippen LogP) is 3.11. The predicted molar refractivity (Wildman–Crippen MR) is 77.0 cm³/mol. The summed E-state index contributed by atoms with van der Waals surface area (Å²) in [7, 11) is 1.95. The standard InChI is InChI=1S/C14H21N3S/c1-11(12-8-16-17(4)9-12)15-10-14(2,3)13-6-5-7-18-13/h5-9,11,15H,10H2,1-4H3. The van der Waals surface area contributed by atoms with Crippen LogP contribution in [0.25, 0.3) is 0 Å². The molecular weight excluding hydrogens is 242 g/mol. The van der Waals surface area contributed by atoms with Gasteiger partial charge in [-0.05, 0) is 18.4 Å².